The van der Waals surface area contributed by atoms with Crippen molar-refractivity contribution in [2.75, 3.05) is 16.8 Å². The number of aromatic nitrogens is 1. The molecule has 0 bridgehead atoms. The number of nitrogens with one attached hydrogen (secondary N) is 1. The van der Waals surface area contributed by atoms with Crippen molar-refractivity contribution in [2.45, 2.75) is 26.7 Å². The van der Waals surface area contributed by atoms with Crippen molar-refractivity contribution in [1.82, 2.24) is 4.98 Å². The monoisotopic (exact) mass is 399 g/mol. The van der Waals surface area contributed by atoms with Gasteiger partial charge in [0, 0.05) is 36.7 Å². The van der Waals surface area contributed by atoms with Gasteiger partial charge in [0.15, 0.2) is 0 Å². The van der Waals surface area contributed by atoms with E-state index >= 15 is 0 Å². The summed E-state index contributed by atoms with van der Waals surface area (Å²) >= 11 is 0. The third-order valence-electron chi connectivity index (χ3n) is 5.53. The summed E-state index contributed by atoms with van der Waals surface area (Å²) in [6.07, 6.45) is 4.63. The van der Waals surface area contributed by atoms with Crippen LogP contribution >= 0.6 is 0 Å². The normalized spacial score (nSPS) is 16.0. The van der Waals surface area contributed by atoms with Gasteiger partial charge in [-0.05, 0) is 72.9 Å². The topological polar surface area (TPSA) is 62.3 Å². The van der Waals surface area contributed by atoms with E-state index in [0.29, 0.717) is 6.54 Å². The molecule has 0 spiro atoms. The van der Waals surface area contributed by atoms with E-state index in [-0.39, 0.29) is 24.2 Å². The minimum absolute atomic E-state index is 0.00320. The van der Waals surface area contributed by atoms with E-state index in [4.69, 9.17) is 0 Å². The highest BCUT2D eigenvalue weighted by Gasteiger charge is 2.35. The molecule has 1 unspecified atom stereocenters. The lowest BCUT2D eigenvalue weighted by molar-refractivity contribution is -0.122. The molecule has 30 heavy (non-hydrogen) atoms. The molecule has 5 nitrogen and oxygen atoms in total. The minimum atomic E-state index is -0.353. The molecule has 1 aromatic heterocycles. The SMILES string of the molecule is Cc1ccc(C)c(N2CC(C(=O)Nc3ccc(Cc4ccncc4)cc3)CC2=O)c1. The Morgan fingerprint density at radius 1 is 1.03 bits per heavy atom. The number of nitrogens with zero attached hydrogens (tertiary/aromatic N) is 2. The van der Waals surface area contributed by atoms with Gasteiger partial charge in [0.2, 0.25) is 11.8 Å². The van der Waals surface area contributed by atoms with Gasteiger partial charge in [0.25, 0.3) is 0 Å². The van der Waals surface area contributed by atoms with Crippen molar-refractivity contribution in [3.05, 3.63) is 89.2 Å². The summed E-state index contributed by atoms with van der Waals surface area (Å²) in [4.78, 5) is 31.1. The number of carbonyl (C=O) groups excluding carboxylic acids is 2. The Labute approximate surface area is 176 Å². The molecule has 1 aliphatic heterocycles. The lowest BCUT2D eigenvalue weighted by Crippen LogP contribution is -2.28. The molecule has 1 N–H and O–H groups in total. The first-order valence-electron chi connectivity index (χ1n) is 10.2. The Kier molecular flexibility index (Phi) is 5.61. The van der Waals surface area contributed by atoms with E-state index in [1.165, 1.54) is 5.56 Å². The summed E-state index contributed by atoms with van der Waals surface area (Å²) in [6, 6.07) is 17.9. The van der Waals surface area contributed by atoms with Gasteiger partial charge in [-0.3, -0.25) is 14.6 Å². The van der Waals surface area contributed by atoms with Crippen LogP contribution in [0.2, 0.25) is 0 Å². The van der Waals surface area contributed by atoms with Gasteiger partial charge >= 0.3 is 0 Å². The minimum Gasteiger partial charge on any atom is -0.326 e. The van der Waals surface area contributed by atoms with Gasteiger partial charge in [-0.15, -0.1) is 0 Å². The molecule has 2 amide bonds. The van der Waals surface area contributed by atoms with E-state index in [1.807, 2.05) is 68.4 Å². The number of hydrogen-bond donors (Lipinski definition) is 1. The second-order valence-electron chi connectivity index (χ2n) is 7.91. The molecule has 1 fully saturated rings. The molecular weight excluding hydrogens is 374 g/mol. The Balaban J connectivity index is 1.39. The lowest BCUT2D eigenvalue weighted by Gasteiger charge is -2.19. The number of aryl methyl sites for hydroxylation is 2. The first-order valence-corrected chi connectivity index (χ1v) is 10.2. The Bertz CT molecular complexity index is 1060. The first-order chi connectivity index (χ1) is 14.5. The summed E-state index contributed by atoms with van der Waals surface area (Å²) in [7, 11) is 0. The molecule has 3 aromatic rings. The van der Waals surface area contributed by atoms with E-state index in [9.17, 15) is 9.59 Å². The Morgan fingerprint density at radius 2 is 1.73 bits per heavy atom. The van der Waals surface area contributed by atoms with Crippen molar-refractivity contribution >= 4 is 23.2 Å². The zero-order valence-electron chi connectivity index (χ0n) is 17.3. The first kappa shape index (κ1) is 19.8. The van der Waals surface area contributed by atoms with Crippen LogP contribution in [0.1, 0.15) is 28.7 Å². The maximum absolute atomic E-state index is 12.8. The molecule has 0 aliphatic carbocycles. The fourth-order valence-electron chi connectivity index (χ4n) is 3.81. The second-order valence-corrected chi connectivity index (χ2v) is 7.91. The summed E-state index contributed by atoms with van der Waals surface area (Å²) in [5.41, 5.74) is 6.14. The molecule has 0 radical (unpaired) electrons. The summed E-state index contributed by atoms with van der Waals surface area (Å²) < 4.78 is 0. The van der Waals surface area contributed by atoms with Crippen molar-refractivity contribution < 1.29 is 9.59 Å². The van der Waals surface area contributed by atoms with Gasteiger partial charge < -0.3 is 10.2 Å². The van der Waals surface area contributed by atoms with Gasteiger partial charge in [0.05, 0.1) is 5.92 Å². The number of anilines is 2. The molecule has 152 valence electrons. The Hall–Kier alpha value is -3.47. The van der Waals surface area contributed by atoms with E-state index in [2.05, 4.69) is 10.3 Å². The van der Waals surface area contributed by atoms with Crippen LogP contribution < -0.4 is 10.2 Å². The second kappa shape index (κ2) is 8.49. The molecule has 0 saturated carbocycles. The number of benzene rings is 2. The van der Waals surface area contributed by atoms with Crippen molar-refractivity contribution in [2.24, 2.45) is 5.92 Å². The maximum atomic E-state index is 12.8. The number of rotatable bonds is 5. The van der Waals surface area contributed by atoms with Gasteiger partial charge in [0.1, 0.15) is 0 Å². The van der Waals surface area contributed by atoms with Gasteiger partial charge in [-0.2, -0.15) is 0 Å². The van der Waals surface area contributed by atoms with Crippen LogP contribution in [0, 0.1) is 19.8 Å². The number of amides is 2. The van der Waals surface area contributed by atoms with Crippen molar-refractivity contribution in [3.63, 3.8) is 0 Å². The predicted octanol–water partition coefficient (Wildman–Crippen LogP) is 4.28. The molecule has 4 rings (SSSR count). The van der Waals surface area contributed by atoms with Crippen LogP contribution in [0.3, 0.4) is 0 Å². The van der Waals surface area contributed by atoms with E-state index in [1.54, 1.807) is 17.3 Å². The van der Waals surface area contributed by atoms with Crippen molar-refractivity contribution in [1.29, 1.82) is 0 Å². The lowest BCUT2D eigenvalue weighted by atomic mass is 10.1. The fourth-order valence-corrected chi connectivity index (χ4v) is 3.81. The highest BCUT2D eigenvalue weighted by atomic mass is 16.2. The van der Waals surface area contributed by atoms with E-state index in [0.717, 1.165) is 34.5 Å². The smallest absolute Gasteiger partial charge is 0.229 e. The molecule has 1 saturated heterocycles. The molecular formula is C25H25N3O2. The zero-order valence-corrected chi connectivity index (χ0v) is 17.3. The van der Waals surface area contributed by atoms with Gasteiger partial charge in [-0.25, -0.2) is 0 Å². The summed E-state index contributed by atoms with van der Waals surface area (Å²) in [6.45, 7) is 4.41. The quantitative estimate of drug-likeness (QED) is 0.697. The number of hydrogen-bond acceptors (Lipinski definition) is 3. The molecule has 1 aliphatic rings. The molecule has 2 heterocycles. The summed E-state index contributed by atoms with van der Waals surface area (Å²) in [5, 5.41) is 2.97. The maximum Gasteiger partial charge on any atom is 0.229 e. The summed E-state index contributed by atoms with van der Waals surface area (Å²) in [5.74, 6) is -0.469. The predicted molar refractivity (Wildman–Crippen MR) is 118 cm³/mol. The highest BCUT2D eigenvalue weighted by molar-refractivity contribution is 6.03. The fraction of sp³-hybridized carbons (Fsp3) is 0.240. The van der Waals surface area contributed by atoms with Crippen LogP contribution in [0.4, 0.5) is 11.4 Å². The highest BCUT2D eigenvalue weighted by Crippen LogP contribution is 2.29. The van der Waals surface area contributed by atoms with Crippen molar-refractivity contribution in [3.8, 4) is 0 Å². The van der Waals surface area contributed by atoms with E-state index < -0.39 is 0 Å². The Morgan fingerprint density at radius 3 is 2.47 bits per heavy atom. The average Bonchev–Trinajstić information content (AvgIpc) is 3.14. The van der Waals surface area contributed by atoms with Crippen LogP contribution in [0.25, 0.3) is 0 Å². The average molecular weight is 399 g/mol. The van der Waals surface area contributed by atoms with Crippen LogP contribution in [-0.2, 0) is 16.0 Å². The standard InChI is InChI=1S/C25H25N3O2/c1-17-3-4-18(2)23(13-17)28-16-21(15-24(28)29)25(30)27-22-7-5-19(6-8-22)14-20-9-11-26-12-10-20/h3-13,21H,14-16H2,1-2H3,(H,27,30). The largest absolute Gasteiger partial charge is 0.326 e. The molecule has 2 aromatic carbocycles. The number of pyridine rings is 1. The molecule has 1 atom stereocenters. The van der Waals surface area contributed by atoms with Crippen LogP contribution in [0.15, 0.2) is 67.0 Å². The zero-order chi connectivity index (χ0) is 21.1. The molecule has 5 heteroatoms. The van der Waals surface area contributed by atoms with Crippen LogP contribution in [-0.4, -0.2) is 23.3 Å². The number of carbonyl (C=O) groups is 2. The van der Waals surface area contributed by atoms with Gasteiger partial charge in [-0.1, -0.05) is 24.3 Å². The van der Waals surface area contributed by atoms with Crippen LogP contribution in [0.5, 0.6) is 0 Å². The third kappa shape index (κ3) is 4.40. The third-order valence-corrected chi connectivity index (χ3v) is 5.53.